The summed E-state index contributed by atoms with van der Waals surface area (Å²) in [5, 5.41) is 27.9. The summed E-state index contributed by atoms with van der Waals surface area (Å²) in [6.07, 6.45) is 1.72. The van der Waals surface area contributed by atoms with Crippen molar-refractivity contribution in [3.63, 3.8) is 0 Å². The van der Waals surface area contributed by atoms with Gasteiger partial charge in [-0.25, -0.2) is 8.78 Å². The van der Waals surface area contributed by atoms with Gasteiger partial charge in [0.25, 0.3) is 5.56 Å². The molecule has 0 aliphatic carbocycles. The minimum Gasteiger partial charge on any atom is -0.396 e. The molecule has 1 aromatic heterocycles. The Balaban J connectivity index is 1.75. The van der Waals surface area contributed by atoms with Crippen LogP contribution in [0, 0.1) is 24.0 Å². The van der Waals surface area contributed by atoms with Gasteiger partial charge in [-0.15, -0.1) is 5.73 Å². The molecule has 2 aromatic carbocycles. The number of rotatable bonds is 5. The normalized spacial score (nSPS) is 16.7. The molecule has 3 aromatic rings. The van der Waals surface area contributed by atoms with E-state index in [1.54, 1.807) is 18.2 Å². The minimum atomic E-state index is -0.790. The molecule has 0 saturated carbocycles. The largest absolute Gasteiger partial charge is 0.396 e. The molecule has 190 valence electrons. The molecule has 5 rings (SSSR count). The number of aryl methyl sites for hydroxylation is 1. The van der Waals surface area contributed by atoms with Crippen molar-refractivity contribution in [2.45, 2.75) is 6.92 Å². The first-order chi connectivity index (χ1) is 17.9. The second-order valence-electron chi connectivity index (χ2n) is 9.38. The van der Waals surface area contributed by atoms with E-state index in [9.17, 15) is 19.4 Å². The Hall–Kier alpha value is -4.04. The summed E-state index contributed by atoms with van der Waals surface area (Å²) in [6, 6.07) is 13.6. The second kappa shape index (κ2) is 9.78. The number of fused-ring (bicyclic) bond motifs is 1. The first kappa shape index (κ1) is 24.6. The highest BCUT2D eigenvalue weighted by atomic mass is 19.1. The first-order valence-corrected chi connectivity index (χ1v) is 11.9. The number of para-hydroxylation sites is 1. The number of hydrogen-bond acceptors (Lipinski definition) is 6. The van der Waals surface area contributed by atoms with Crippen LogP contribution in [0.4, 0.5) is 8.78 Å². The second-order valence-corrected chi connectivity index (χ2v) is 9.38. The van der Waals surface area contributed by atoms with Crippen molar-refractivity contribution in [3.8, 4) is 5.69 Å². The van der Waals surface area contributed by atoms with E-state index in [2.05, 4.69) is 16.1 Å². The Morgan fingerprint density at radius 1 is 1.11 bits per heavy atom. The number of halogens is 2. The van der Waals surface area contributed by atoms with Gasteiger partial charge in [-0.1, -0.05) is 18.2 Å². The fraction of sp³-hybridized carbons (Fsp3) is 0.250. The van der Waals surface area contributed by atoms with Crippen LogP contribution in [0.5, 0.6) is 0 Å². The molecule has 0 atom stereocenters. The molecule has 7 nitrogen and oxygen atoms in total. The van der Waals surface area contributed by atoms with Crippen molar-refractivity contribution in [2.24, 2.45) is 5.41 Å². The molecule has 1 saturated heterocycles. The number of benzene rings is 2. The summed E-state index contributed by atoms with van der Waals surface area (Å²) in [4.78, 5) is 14.8. The van der Waals surface area contributed by atoms with Gasteiger partial charge in [0.2, 0.25) is 0 Å². The molecule has 0 unspecified atom stereocenters. The summed E-state index contributed by atoms with van der Waals surface area (Å²) < 4.78 is 30.1. The molecular formula is C28H26F2N4O3. The van der Waals surface area contributed by atoms with E-state index in [1.807, 2.05) is 30.0 Å². The van der Waals surface area contributed by atoms with Crippen LogP contribution in [0.25, 0.3) is 16.8 Å². The van der Waals surface area contributed by atoms with Crippen LogP contribution in [0.1, 0.15) is 16.8 Å². The third-order valence-electron chi connectivity index (χ3n) is 6.79. The Morgan fingerprint density at radius 3 is 2.62 bits per heavy atom. The monoisotopic (exact) mass is 504 g/mol. The smallest absolute Gasteiger partial charge is 0.271 e. The number of aromatic nitrogens is 2. The SMILES string of the molecule is Cc1ccccc1-n1nc(C2=C3NCC(CO)(CO)CN3CC=C=C2c2ccc(F)cc2F)ccc1=O. The lowest BCUT2D eigenvalue weighted by molar-refractivity contribution is 0.0139. The van der Waals surface area contributed by atoms with Crippen LogP contribution in [-0.4, -0.2) is 57.7 Å². The van der Waals surface area contributed by atoms with Crippen molar-refractivity contribution in [1.82, 2.24) is 20.0 Å². The number of hydrogen-bond donors (Lipinski definition) is 3. The van der Waals surface area contributed by atoms with E-state index >= 15 is 4.39 Å². The maximum absolute atomic E-state index is 15.1. The number of aliphatic hydroxyl groups excluding tert-OH is 2. The van der Waals surface area contributed by atoms with E-state index in [4.69, 9.17) is 0 Å². The van der Waals surface area contributed by atoms with E-state index in [0.717, 1.165) is 11.6 Å². The van der Waals surface area contributed by atoms with Gasteiger partial charge in [-0.3, -0.25) is 4.79 Å². The average molecular weight is 505 g/mol. The number of aliphatic hydroxyl groups is 2. The lowest BCUT2D eigenvalue weighted by Crippen LogP contribution is -2.56. The minimum absolute atomic E-state index is 0.125. The van der Waals surface area contributed by atoms with Crippen molar-refractivity contribution < 1.29 is 19.0 Å². The summed E-state index contributed by atoms with van der Waals surface area (Å²) >= 11 is 0. The van der Waals surface area contributed by atoms with E-state index in [0.29, 0.717) is 41.4 Å². The van der Waals surface area contributed by atoms with Gasteiger partial charge in [-0.2, -0.15) is 9.78 Å². The highest BCUT2D eigenvalue weighted by molar-refractivity contribution is 6.05. The fourth-order valence-electron chi connectivity index (χ4n) is 4.71. The number of nitrogens with one attached hydrogen (secondary N) is 1. The molecule has 0 bridgehead atoms. The fourth-order valence-corrected chi connectivity index (χ4v) is 4.71. The van der Waals surface area contributed by atoms with Gasteiger partial charge in [0.1, 0.15) is 17.5 Å². The Kier molecular flexibility index (Phi) is 6.52. The van der Waals surface area contributed by atoms with E-state index in [1.165, 1.54) is 22.9 Å². The molecule has 2 aliphatic heterocycles. The van der Waals surface area contributed by atoms with Crippen molar-refractivity contribution in [1.29, 1.82) is 0 Å². The number of allylic oxidation sites excluding steroid dienone is 1. The Bertz CT molecular complexity index is 1520. The lowest BCUT2D eigenvalue weighted by Gasteiger charge is -2.44. The van der Waals surface area contributed by atoms with Crippen LogP contribution in [0.2, 0.25) is 0 Å². The molecule has 37 heavy (non-hydrogen) atoms. The molecule has 9 heteroatoms. The van der Waals surface area contributed by atoms with Gasteiger partial charge in [0.15, 0.2) is 0 Å². The lowest BCUT2D eigenvalue weighted by atomic mass is 9.86. The molecule has 3 N–H and O–H groups in total. The van der Waals surface area contributed by atoms with E-state index < -0.39 is 17.0 Å². The summed E-state index contributed by atoms with van der Waals surface area (Å²) in [6.45, 7) is 2.34. The predicted molar refractivity (Wildman–Crippen MR) is 136 cm³/mol. The zero-order valence-corrected chi connectivity index (χ0v) is 20.2. The molecule has 0 spiro atoms. The maximum Gasteiger partial charge on any atom is 0.271 e. The summed E-state index contributed by atoms with van der Waals surface area (Å²) in [5.74, 6) is -0.876. The quantitative estimate of drug-likeness (QED) is 0.463. The summed E-state index contributed by atoms with van der Waals surface area (Å²) in [5.41, 5.74) is 4.78. The van der Waals surface area contributed by atoms with Crippen LogP contribution in [0.3, 0.4) is 0 Å². The zero-order valence-electron chi connectivity index (χ0n) is 20.2. The average Bonchev–Trinajstić information content (AvgIpc) is 3.08. The molecule has 0 amide bonds. The van der Waals surface area contributed by atoms with Gasteiger partial charge in [0.05, 0.1) is 35.6 Å². The van der Waals surface area contributed by atoms with Crippen LogP contribution in [0.15, 0.2) is 77.0 Å². The summed E-state index contributed by atoms with van der Waals surface area (Å²) in [7, 11) is 0. The molecule has 0 radical (unpaired) electrons. The van der Waals surface area contributed by atoms with Crippen molar-refractivity contribution >= 4 is 11.1 Å². The maximum atomic E-state index is 15.1. The predicted octanol–water partition coefficient (Wildman–Crippen LogP) is 2.62. The number of nitrogens with zero attached hydrogens (tertiary/aromatic N) is 3. The zero-order chi connectivity index (χ0) is 26.2. The molecule has 2 aliphatic rings. The van der Waals surface area contributed by atoms with Crippen molar-refractivity contribution in [3.05, 3.63) is 111 Å². The molecule has 1 fully saturated rings. The topological polar surface area (TPSA) is 90.6 Å². The van der Waals surface area contributed by atoms with Gasteiger partial charge in [0, 0.05) is 42.9 Å². The van der Waals surface area contributed by atoms with Crippen LogP contribution in [-0.2, 0) is 0 Å². The van der Waals surface area contributed by atoms with Crippen LogP contribution < -0.4 is 10.9 Å². The van der Waals surface area contributed by atoms with Crippen LogP contribution >= 0.6 is 0 Å². The van der Waals surface area contributed by atoms with Crippen molar-refractivity contribution in [2.75, 3.05) is 32.8 Å². The Labute approximate surface area is 212 Å². The van der Waals surface area contributed by atoms with E-state index in [-0.39, 0.29) is 30.9 Å². The highest BCUT2D eigenvalue weighted by Crippen LogP contribution is 2.38. The highest BCUT2D eigenvalue weighted by Gasteiger charge is 2.38. The first-order valence-electron chi connectivity index (χ1n) is 11.9. The standard InChI is InChI=1S/C28H26F2N4O3/c1-18-5-2-3-7-24(18)34-25(37)11-10-23(32-34)26-21(20-9-8-19(29)13-22(20)30)6-4-12-33-15-28(16-35,17-36)14-31-27(26)33/h2-5,7-11,13,31,35-36H,12,14-17H2,1H3. The van der Waals surface area contributed by atoms with Gasteiger partial charge < -0.3 is 20.4 Å². The Morgan fingerprint density at radius 2 is 1.89 bits per heavy atom. The molecule has 3 heterocycles. The third kappa shape index (κ3) is 4.49. The van der Waals surface area contributed by atoms with Gasteiger partial charge in [-0.05, 0) is 42.8 Å². The third-order valence-corrected chi connectivity index (χ3v) is 6.79. The van der Waals surface area contributed by atoms with Gasteiger partial charge >= 0.3 is 0 Å². The molecular weight excluding hydrogens is 478 g/mol.